The summed E-state index contributed by atoms with van der Waals surface area (Å²) in [6.07, 6.45) is 2.31. The Balaban J connectivity index is 1.63. The minimum atomic E-state index is 0.0856. The number of likely N-dealkylation sites (tertiary alicyclic amines) is 1. The predicted molar refractivity (Wildman–Crippen MR) is 92.1 cm³/mol. The van der Waals surface area contributed by atoms with Gasteiger partial charge in [0.2, 0.25) is 0 Å². The zero-order valence-electron chi connectivity index (χ0n) is 12.7. The van der Waals surface area contributed by atoms with Gasteiger partial charge in [0, 0.05) is 17.6 Å². The van der Waals surface area contributed by atoms with Gasteiger partial charge in [0.15, 0.2) is 6.61 Å². The van der Waals surface area contributed by atoms with E-state index in [1.807, 2.05) is 35.2 Å². The van der Waals surface area contributed by atoms with Crippen LogP contribution in [0.5, 0.6) is 5.75 Å². The summed E-state index contributed by atoms with van der Waals surface area (Å²) in [7, 11) is 0. The summed E-state index contributed by atoms with van der Waals surface area (Å²) in [6, 6.07) is 12.0. The lowest BCUT2D eigenvalue weighted by Gasteiger charge is -2.30. The Kier molecular flexibility index (Phi) is 4.67. The first-order valence-electron chi connectivity index (χ1n) is 7.72. The summed E-state index contributed by atoms with van der Waals surface area (Å²) in [4.78, 5) is 14.1. The number of benzene rings is 2. The van der Waals surface area contributed by atoms with Gasteiger partial charge >= 0.3 is 0 Å². The van der Waals surface area contributed by atoms with Gasteiger partial charge in [0.1, 0.15) is 5.75 Å². The lowest BCUT2D eigenvalue weighted by molar-refractivity contribution is -0.135. The van der Waals surface area contributed by atoms with E-state index in [1.165, 1.54) is 6.42 Å². The van der Waals surface area contributed by atoms with E-state index in [2.05, 4.69) is 28.9 Å². The first-order valence-corrected chi connectivity index (χ1v) is 8.51. The molecule has 1 aliphatic rings. The number of carbonyl (C=O) groups is 1. The van der Waals surface area contributed by atoms with Crippen molar-refractivity contribution in [1.82, 2.24) is 4.90 Å². The Morgan fingerprint density at radius 3 is 2.86 bits per heavy atom. The maximum absolute atomic E-state index is 12.2. The monoisotopic (exact) mass is 361 g/mol. The van der Waals surface area contributed by atoms with Crippen molar-refractivity contribution in [1.29, 1.82) is 0 Å². The van der Waals surface area contributed by atoms with E-state index in [0.717, 1.165) is 40.5 Å². The largest absolute Gasteiger partial charge is 0.484 e. The summed E-state index contributed by atoms with van der Waals surface area (Å²) in [5.74, 6) is 1.42. The first kappa shape index (κ1) is 15.3. The smallest absolute Gasteiger partial charge is 0.260 e. The molecule has 0 unspecified atom stereocenters. The Labute approximate surface area is 139 Å². The topological polar surface area (TPSA) is 29.5 Å². The van der Waals surface area contributed by atoms with Gasteiger partial charge in [-0.3, -0.25) is 4.79 Å². The number of hydrogen-bond donors (Lipinski definition) is 0. The highest BCUT2D eigenvalue weighted by atomic mass is 79.9. The molecule has 2 aromatic rings. The highest BCUT2D eigenvalue weighted by Gasteiger charge is 2.21. The number of piperidine rings is 1. The van der Waals surface area contributed by atoms with Crippen molar-refractivity contribution in [2.24, 2.45) is 5.92 Å². The number of carbonyl (C=O) groups excluding carboxylic acids is 1. The van der Waals surface area contributed by atoms with Crippen LogP contribution in [0.3, 0.4) is 0 Å². The van der Waals surface area contributed by atoms with E-state index < -0.39 is 0 Å². The molecular formula is C18H20BrNO2. The van der Waals surface area contributed by atoms with Gasteiger partial charge in [-0.15, -0.1) is 0 Å². The normalized spacial score (nSPS) is 18.5. The van der Waals surface area contributed by atoms with Crippen LogP contribution in [-0.2, 0) is 4.79 Å². The molecule has 0 radical (unpaired) electrons. The molecule has 4 heteroatoms. The van der Waals surface area contributed by atoms with Crippen molar-refractivity contribution in [3.63, 3.8) is 0 Å². The maximum atomic E-state index is 12.2. The van der Waals surface area contributed by atoms with Gasteiger partial charge in [-0.05, 0) is 53.8 Å². The predicted octanol–water partition coefficient (Wildman–Crippen LogP) is 4.24. The molecular weight excluding hydrogens is 342 g/mol. The average molecular weight is 362 g/mol. The van der Waals surface area contributed by atoms with Crippen LogP contribution >= 0.6 is 15.9 Å². The van der Waals surface area contributed by atoms with Crippen molar-refractivity contribution in [2.45, 2.75) is 19.8 Å². The minimum Gasteiger partial charge on any atom is -0.484 e. The van der Waals surface area contributed by atoms with E-state index in [1.54, 1.807) is 0 Å². The molecule has 0 spiro atoms. The number of nitrogens with zero attached hydrogens (tertiary/aromatic N) is 1. The van der Waals surface area contributed by atoms with E-state index >= 15 is 0 Å². The lowest BCUT2D eigenvalue weighted by atomic mass is 10.0. The summed E-state index contributed by atoms with van der Waals surface area (Å²) < 4.78 is 6.75. The van der Waals surface area contributed by atoms with Crippen LogP contribution < -0.4 is 4.74 Å². The number of halogens is 1. The SMILES string of the molecule is C[C@@H]1CCCN(C(=O)COc2ccc3cc(Br)ccc3c2)C1. The molecule has 1 fully saturated rings. The zero-order valence-corrected chi connectivity index (χ0v) is 14.3. The Morgan fingerprint density at radius 1 is 1.27 bits per heavy atom. The van der Waals surface area contributed by atoms with Crippen molar-refractivity contribution in [3.05, 3.63) is 40.9 Å². The standard InChI is InChI=1S/C18H20BrNO2/c1-13-3-2-8-20(11-13)18(21)12-22-17-7-5-14-9-16(19)6-4-15(14)10-17/h4-7,9-10,13H,2-3,8,11-12H2,1H3/t13-/m1/s1. The molecule has 3 nitrogen and oxygen atoms in total. The van der Waals surface area contributed by atoms with E-state index in [0.29, 0.717) is 5.92 Å². The molecule has 1 saturated heterocycles. The molecule has 0 saturated carbocycles. The van der Waals surface area contributed by atoms with Crippen LogP contribution in [0.4, 0.5) is 0 Å². The van der Waals surface area contributed by atoms with Gasteiger partial charge in [0.25, 0.3) is 5.91 Å². The fourth-order valence-electron chi connectivity index (χ4n) is 2.94. The lowest BCUT2D eigenvalue weighted by Crippen LogP contribution is -2.41. The molecule has 1 atom stereocenters. The number of hydrogen-bond acceptors (Lipinski definition) is 2. The molecule has 3 rings (SSSR count). The number of rotatable bonds is 3. The maximum Gasteiger partial charge on any atom is 0.260 e. The van der Waals surface area contributed by atoms with Crippen LogP contribution in [0.1, 0.15) is 19.8 Å². The fraction of sp³-hybridized carbons (Fsp3) is 0.389. The van der Waals surface area contributed by atoms with Gasteiger partial charge in [-0.2, -0.15) is 0 Å². The summed E-state index contributed by atoms with van der Waals surface area (Å²) in [6.45, 7) is 4.03. The van der Waals surface area contributed by atoms with Crippen molar-refractivity contribution in [2.75, 3.05) is 19.7 Å². The Morgan fingerprint density at radius 2 is 2.05 bits per heavy atom. The molecule has 0 aliphatic carbocycles. The highest BCUT2D eigenvalue weighted by molar-refractivity contribution is 9.10. The highest BCUT2D eigenvalue weighted by Crippen LogP contribution is 2.24. The van der Waals surface area contributed by atoms with Crippen molar-refractivity contribution < 1.29 is 9.53 Å². The Hall–Kier alpha value is -1.55. The zero-order chi connectivity index (χ0) is 15.5. The molecule has 0 aromatic heterocycles. The van der Waals surface area contributed by atoms with E-state index in [-0.39, 0.29) is 12.5 Å². The molecule has 1 aliphatic heterocycles. The third-order valence-electron chi connectivity index (χ3n) is 4.15. The molecule has 1 heterocycles. The molecule has 0 N–H and O–H groups in total. The average Bonchev–Trinajstić information content (AvgIpc) is 2.52. The van der Waals surface area contributed by atoms with Crippen LogP contribution in [-0.4, -0.2) is 30.5 Å². The van der Waals surface area contributed by atoms with Gasteiger partial charge in [-0.1, -0.05) is 35.0 Å². The van der Waals surface area contributed by atoms with Gasteiger partial charge < -0.3 is 9.64 Å². The van der Waals surface area contributed by atoms with Crippen LogP contribution in [0.25, 0.3) is 10.8 Å². The fourth-order valence-corrected chi connectivity index (χ4v) is 3.32. The molecule has 22 heavy (non-hydrogen) atoms. The van der Waals surface area contributed by atoms with E-state index in [9.17, 15) is 4.79 Å². The summed E-state index contributed by atoms with van der Waals surface area (Å²) >= 11 is 3.47. The summed E-state index contributed by atoms with van der Waals surface area (Å²) in [5, 5.41) is 2.26. The van der Waals surface area contributed by atoms with Crippen LogP contribution in [0, 0.1) is 5.92 Å². The van der Waals surface area contributed by atoms with Crippen molar-refractivity contribution >= 4 is 32.6 Å². The first-order chi connectivity index (χ1) is 10.6. The number of ether oxygens (including phenoxy) is 1. The summed E-state index contributed by atoms with van der Waals surface area (Å²) in [5.41, 5.74) is 0. The van der Waals surface area contributed by atoms with Gasteiger partial charge in [0.05, 0.1) is 0 Å². The quantitative estimate of drug-likeness (QED) is 0.818. The minimum absolute atomic E-state index is 0.0856. The van der Waals surface area contributed by atoms with E-state index in [4.69, 9.17) is 4.74 Å². The van der Waals surface area contributed by atoms with Crippen LogP contribution in [0.15, 0.2) is 40.9 Å². The molecule has 0 bridgehead atoms. The second kappa shape index (κ2) is 6.69. The third-order valence-corrected chi connectivity index (χ3v) is 4.64. The van der Waals surface area contributed by atoms with Gasteiger partial charge in [-0.25, -0.2) is 0 Å². The third kappa shape index (κ3) is 3.61. The second-order valence-electron chi connectivity index (χ2n) is 6.03. The molecule has 2 aromatic carbocycles. The Bertz CT molecular complexity index is 686. The van der Waals surface area contributed by atoms with Crippen molar-refractivity contribution in [3.8, 4) is 5.75 Å². The molecule has 116 valence electrons. The number of fused-ring (bicyclic) bond motifs is 1. The van der Waals surface area contributed by atoms with Crippen LogP contribution in [0.2, 0.25) is 0 Å². The molecule has 1 amide bonds. The second-order valence-corrected chi connectivity index (χ2v) is 6.94. The number of amides is 1.